The maximum Gasteiger partial charge on any atom is 0.438 e. The van der Waals surface area contributed by atoms with Crippen molar-refractivity contribution in [3.8, 4) is 17.0 Å². The number of carbonyl (C=O) groups is 1. The Morgan fingerprint density at radius 1 is 1.27 bits per heavy atom. The Balaban J connectivity index is 1.42. The molecule has 1 aliphatic heterocycles. The van der Waals surface area contributed by atoms with Gasteiger partial charge in [-0.2, -0.15) is 23.4 Å². The topological polar surface area (TPSA) is 98.4 Å². The van der Waals surface area contributed by atoms with Crippen molar-refractivity contribution in [2.45, 2.75) is 64.4 Å². The zero-order valence-corrected chi connectivity index (χ0v) is 22.7. The maximum atomic E-state index is 13.4. The lowest BCUT2D eigenvalue weighted by Gasteiger charge is -2.30. The second kappa shape index (κ2) is 10.8. The number of amides is 1. The SMILES string of the molecule is C=N/C(=C\c1c(C)c(-c2ccc3c(c2)CNC3=O)nn1C1CCC(Oc2cn(C)nc2C(F)(F)F)CC1)NCC. The van der Waals surface area contributed by atoms with Crippen LogP contribution in [-0.4, -0.2) is 44.8 Å². The summed E-state index contributed by atoms with van der Waals surface area (Å²) in [5.74, 6) is 0.305. The van der Waals surface area contributed by atoms with Gasteiger partial charge in [0.2, 0.25) is 5.69 Å². The summed E-state index contributed by atoms with van der Waals surface area (Å²) >= 11 is 0. The minimum atomic E-state index is -4.58. The zero-order valence-electron chi connectivity index (χ0n) is 22.7. The van der Waals surface area contributed by atoms with Crippen molar-refractivity contribution in [1.29, 1.82) is 0 Å². The summed E-state index contributed by atoms with van der Waals surface area (Å²) in [5.41, 5.74) is 4.15. The predicted molar refractivity (Wildman–Crippen MR) is 145 cm³/mol. The van der Waals surface area contributed by atoms with Crippen molar-refractivity contribution < 1.29 is 22.7 Å². The number of benzene rings is 1. The monoisotopic (exact) mass is 555 g/mol. The first-order chi connectivity index (χ1) is 19.1. The molecule has 3 heterocycles. The standard InChI is InChI=1S/C28H32F3N7O2/c1-5-33-24(32-3)13-22-16(2)25(17-6-11-21-18(12-17)14-34-27(21)39)35-38(22)19-7-9-20(10-8-19)40-23-15-37(4)36-26(23)28(29,30)31/h6,11-13,15,19-20,33H,3,5,7-10,14H2,1-2,4H3,(H,34,39)/b24-13+. The number of halogens is 3. The van der Waals surface area contributed by atoms with Crippen molar-refractivity contribution >= 4 is 18.7 Å². The van der Waals surface area contributed by atoms with Gasteiger partial charge in [-0.3, -0.25) is 14.2 Å². The molecular formula is C28H32F3N7O2. The van der Waals surface area contributed by atoms with Gasteiger partial charge < -0.3 is 15.4 Å². The van der Waals surface area contributed by atoms with Crippen molar-refractivity contribution in [2.24, 2.45) is 12.0 Å². The molecule has 40 heavy (non-hydrogen) atoms. The third-order valence-electron chi connectivity index (χ3n) is 7.41. The summed E-state index contributed by atoms with van der Waals surface area (Å²) in [6, 6.07) is 5.74. The Kier molecular flexibility index (Phi) is 7.43. The predicted octanol–water partition coefficient (Wildman–Crippen LogP) is 5.03. The Morgan fingerprint density at radius 3 is 2.70 bits per heavy atom. The van der Waals surface area contributed by atoms with Crippen molar-refractivity contribution in [3.05, 3.63) is 58.3 Å². The normalized spacial score (nSPS) is 19.4. The number of aryl methyl sites for hydroxylation is 1. The van der Waals surface area contributed by atoms with Gasteiger partial charge in [-0.05, 0) is 63.9 Å². The van der Waals surface area contributed by atoms with Gasteiger partial charge in [-0.25, -0.2) is 4.99 Å². The van der Waals surface area contributed by atoms with Gasteiger partial charge in [0.1, 0.15) is 5.82 Å². The number of carbonyl (C=O) groups excluding carboxylic acids is 1. The van der Waals surface area contributed by atoms with Crippen LogP contribution < -0.4 is 15.4 Å². The number of nitrogens with zero attached hydrogens (tertiary/aromatic N) is 5. The lowest BCUT2D eigenvalue weighted by Crippen LogP contribution is -2.27. The second-order valence-electron chi connectivity index (χ2n) is 10.1. The summed E-state index contributed by atoms with van der Waals surface area (Å²) in [6.45, 7) is 8.82. The van der Waals surface area contributed by atoms with E-state index in [-0.39, 0.29) is 23.8 Å². The summed E-state index contributed by atoms with van der Waals surface area (Å²) < 4.78 is 49.1. The van der Waals surface area contributed by atoms with E-state index >= 15 is 0 Å². The van der Waals surface area contributed by atoms with E-state index in [9.17, 15) is 18.0 Å². The van der Waals surface area contributed by atoms with Gasteiger partial charge in [-0.1, -0.05) is 6.07 Å². The number of rotatable bonds is 8. The van der Waals surface area contributed by atoms with E-state index in [1.807, 2.05) is 42.8 Å². The fourth-order valence-electron chi connectivity index (χ4n) is 5.44. The molecule has 0 bridgehead atoms. The fourth-order valence-corrected chi connectivity index (χ4v) is 5.44. The molecule has 1 fully saturated rings. The summed E-state index contributed by atoms with van der Waals surface area (Å²) in [6.07, 6.45) is 0.747. The van der Waals surface area contributed by atoms with E-state index in [4.69, 9.17) is 9.84 Å². The lowest BCUT2D eigenvalue weighted by atomic mass is 9.92. The molecule has 0 atom stereocenters. The average molecular weight is 556 g/mol. The highest BCUT2D eigenvalue weighted by atomic mass is 19.4. The number of hydrogen-bond acceptors (Lipinski definition) is 6. The third-order valence-corrected chi connectivity index (χ3v) is 7.41. The molecule has 0 radical (unpaired) electrons. The Morgan fingerprint density at radius 2 is 2.02 bits per heavy atom. The lowest BCUT2D eigenvalue weighted by molar-refractivity contribution is -0.143. The molecule has 1 saturated carbocycles. The summed E-state index contributed by atoms with van der Waals surface area (Å²) in [7, 11) is 1.45. The molecule has 5 rings (SSSR count). The van der Waals surface area contributed by atoms with E-state index in [0.29, 0.717) is 50.2 Å². The molecule has 0 unspecified atom stereocenters. The minimum Gasteiger partial charge on any atom is -0.486 e. The van der Waals surface area contributed by atoms with Crippen molar-refractivity contribution in [2.75, 3.05) is 6.54 Å². The fraction of sp³-hybridized carbons (Fsp3) is 0.429. The molecule has 1 amide bonds. The quantitative estimate of drug-likeness (QED) is 0.380. The molecule has 0 spiro atoms. The number of hydrogen-bond donors (Lipinski definition) is 2. The number of alkyl halides is 3. The van der Waals surface area contributed by atoms with Gasteiger partial charge in [-0.15, -0.1) is 0 Å². The van der Waals surface area contributed by atoms with E-state index in [1.54, 1.807) is 0 Å². The van der Waals surface area contributed by atoms with E-state index < -0.39 is 11.9 Å². The highest BCUT2D eigenvalue weighted by Crippen LogP contribution is 2.39. The Labute approximate surface area is 230 Å². The van der Waals surface area contributed by atoms with Crippen LogP contribution in [0, 0.1) is 6.92 Å². The molecule has 0 saturated heterocycles. The first kappa shape index (κ1) is 27.5. The second-order valence-corrected chi connectivity index (χ2v) is 10.1. The maximum absolute atomic E-state index is 13.4. The van der Waals surface area contributed by atoms with Crippen LogP contribution in [0.5, 0.6) is 5.75 Å². The first-order valence-corrected chi connectivity index (χ1v) is 13.3. The van der Waals surface area contributed by atoms with Crippen LogP contribution in [0.4, 0.5) is 13.2 Å². The van der Waals surface area contributed by atoms with Crippen molar-refractivity contribution in [3.63, 3.8) is 0 Å². The van der Waals surface area contributed by atoms with Gasteiger partial charge in [0.25, 0.3) is 5.91 Å². The van der Waals surface area contributed by atoms with Gasteiger partial charge in [0.05, 0.1) is 29.7 Å². The number of aliphatic imine (C=N–C) groups is 1. The first-order valence-electron chi connectivity index (χ1n) is 13.3. The summed E-state index contributed by atoms with van der Waals surface area (Å²) in [5, 5.41) is 14.6. The molecule has 1 aromatic carbocycles. The largest absolute Gasteiger partial charge is 0.486 e. The van der Waals surface area contributed by atoms with Gasteiger partial charge >= 0.3 is 6.18 Å². The Bertz CT molecular complexity index is 1460. The highest BCUT2D eigenvalue weighted by molar-refractivity contribution is 5.98. The number of aromatic nitrogens is 4. The van der Waals surface area contributed by atoms with Crippen LogP contribution in [0.3, 0.4) is 0 Å². The molecule has 1 aliphatic carbocycles. The van der Waals surface area contributed by atoms with E-state index in [2.05, 4.69) is 27.4 Å². The zero-order chi connectivity index (χ0) is 28.6. The molecule has 212 valence electrons. The van der Waals surface area contributed by atoms with Crippen LogP contribution in [0.15, 0.2) is 35.2 Å². The van der Waals surface area contributed by atoms with Gasteiger partial charge in [0, 0.05) is 42.9 Å². The molecule has 12 heteroatoms. The number of ether oxygens (including phenoxy) is 1. The van der Waals surface area contributed by atoms with E-state index in [0.717, 1.165) is 32.8 Å². The molecule has 3 aromatic rings. The van der Waals surface area contributed by atoms with Gasteiger partial charge in [0.15, 0.2) is 5.75 Å². The third kappa shape index (κ3) is 5.34. The molecule has 2 aromatic heterocycles. The minimum absolute atomic E-state index is 0.0138. The number of nitrogens with one attached hydrogen (secondary N) is 2. The highest BCUT2D eigenvalue weighted by Gasteiger charge is 2.39. The van der Waals surface area contributed by atoms with E-state index in [1.165, 1.54) is 13.2 Å². The van der Waals surface area contributed by atoms with Crippen molar-refractivity contribution in [1.82, 2.24) is 30.2 Å². The van der Waals surface area contributed by atoms with Crippen LogP contribution >= 0.6 is 0 Å². The summed E-state index contributed by atoms with van der Waals surface area (Å²) in [4.78, 5) is 16.2. The van der Waals surface area contributed by atoms with Crippen LogP contribution in [0.2, 0.25) is 0 Å². The Hall–Kier alpha value is -4.09. The van der Waals surface area contributed by atoms with Crippen LogP contribution in [0.25, 0.3) is 17.3 Å². The number of fused-ring (bicyclic) bond motifs is 1. The van der Waals surface area contributed by atoms with Crippen LogP contribution in [-0.2, 0) is 19.8 Å². The molecule has 2 aliphatic rings. The molecular weight excluding hydrogens is 523 g/mol. The van der Waals surface area contributed by atoms with Crippen LogP contribution in [0.1, 0.15) is 71.5 Å². The average Bonchev–Trinajstić information content (AvgIpc) is 3.59. The molecule has 9 nitrogen and oxygen atoms in total. The smallest absolute Gasteiger partial charge is 0.438 e. The molecule has 2 N–H and O–H groups in total.